The fourth-order valence-corrected chi connectivity index (χ4v) is 4.80. The molecule has 1 unspecified atom stereocenters. The lowest BCUT2D eigenvalue weighted by Crippen LogP contribution is -2.29. The van der Waals surface area contributed by atoms with Crippen LogP contribution in [0, 0.1) is 6.92 Å². The molecular formula is C26H27N7. The summed E-state index contributed by atoms with van der Waals surface area (Å²) in [6, 6.07) is 12.9. The summed E-state index contributed by atoms with van der Waals surface area (Å²) in [7, 11) is 0. The number of hydrogen-bond acceptors (Lipinski definition) is 5. The van der Waals surface area contributed by atoms with Crippen molar-refractivity contribution in [1.29, 1.82) is 0 Å². The van der Waals surface area contributed by atoms with Gasteiger partial charge in [0.25, 0.3) is 0 Å². The molecule has 1 aliphatic rings. The number of pyridine rings is 1. The molecule has 1 aliphatic carbocycles. The first-order valence-electron chi connectivity index (χ1n) is 11.6. The van der Waals surface area contributed by atoms with Gasteiger partial charge in [-0.3, -0.25) is 4.98 Å². The number of benzene rings is 1. The average molecular weight is 438 g/mol. The number of H-pyrrole nitrogens is 1. The predicted octanol–water partition coefficient (Wildman–Crippen LogP) is 5.07. The van der Waals surface area contributed by atoms with Gasteiger partial charge in [-0.1, -0.05) is 32.0 Å². The monoisotopic (exact) mass is 437 g/mol. The molecule has 0 aliphatic heterocycles. The number of rotatable bonds is 4. The zero-order chi connectivity index (χ0) is 22.5. The Kier molecular flexibility index (Phi) is 4.64. The van der Waals surface area contributed by atoms with Crippen LogP contribution in [-0.2, 0) is 12.8 Å². The summed E-state index contributed by atoms with van der Waals surface area (Å²) in [5.74, 6) is 1.72. The van der Waals surface area contributed by atoms with Gasteiger partial charge in [-0.2, -0.15) is 14.6 Å². The van der Waals surface area contributed by atoms with Gasteiger partial charge < -0.3 is 10.3 Å². The van der Waals surface area contributed by atoms with Crippen molar-refractivity contribution in [2.24, 2.45) is 0 Å². The van der Waals surface area contributed by atoms with Gasteiger partial charge in [0.1, 0.15) is 0 Å². The molecule has 0 bridgehead atoms. The van der Waals surface area contributed by atoms with Crippen LogP contribution in [0.4, 0.5) is 5.95 Å². The van der Waals surface area contributed by atoms with E-state index < -0.39 is 0 Å². The zero-order valence-corrected chi connectivity index (χ0v) is 19.1. The Labute approximate surface area is 192 Å². The molecule has 4 heterocycles. The zero-order valence-electron chi connectivity index (χ0n) is 19.1. The number of aromatic amines is 1. The number of hydrogen-bond donors (Lipinski definition) is 2. The summed E-state index contributed by atoms with van der Waals surface area (Å²) in [5, 5.41) is 9.67. The van der Waals surface area contributed by atoms with E-state index in [1.54, 1.807) is 0 Å². The van der Waals surface area contributed by atoms with E-state index >= 15 is 0 Å². The fraction of sp³-hybridized carbons (Fsp3) is 0.308. The number of fused-ring (bicyclic) bond motifs is 4. The minimum atomic E-state index is 0.269. The van der Waals surface area contributed by atoms with Crippen LogP contribution in [0.25, 0.3) is 27.9 Å². The Balaban J connectivity index is 1.40. The summed E-state index contributed by atoms with van der Waals surface area (Å²) in [6.45, 7) is 6.31. The van der Waals surface area contributed by atoms with Crippen LogP contribution in [0.1, 0.15) is 48.7 Å². The van der Waals surface area contributed by atoms with Gasteiger partial charge in [-0.05, 0) is 55.9 Å². The Morgan fingerprint density at radius 1 is 1.09 bits per heavy atom. The van der Waals surface area contributed by atoms with E-state index in [0.717, 1.165) is 47.7 Å². The Morgan fingerprint density at radius 3 is 2.79 bits per heavy atom. The maximum atomic E-state index is 4.90. The van der Waals surface area contributed by atoms with Crippen molar-refractivity contribution in [2.75, 3.05) is 5.32 Å². The number of nitrogens with zero attached hydrogens (tertiary/aromatic N) is 5. The number of anilines is 1. The average Bonchev–Trinajstić information content (AvgIpc) is 3.41. The van der Waals surface area contributed by atoms with Gasteiger partial charge in [0.15, 0.2) is 11.5 Å². The minimum absolute atomic E-state index is 0.269. The molecule has 2 N–H and O–H groups in total. The van der Waals surface area contributed by atoms with Gasteiger partial charge in [0, 0.05) is 45.7 Å². The van der Waals surface area contributed by atoms with Gasteiger partial charge >= 0.3 is 0 Å². The summed E-state index contributed by atoms with van der Waals surface area (Å²) >= 11 is 0. The first-order chi connectivity index (χ1) is 16.1. The SMILES string of the molecule is Cc1ccc(-c2nc(NC3CCc4[nH]c5ccccc5c4C3)n3ncc(C(C)C)c3n2)cn1. The van der Waals surface area contributed by atoms with Crippen molar-refractivity contribution in [2.45, 2.75) is 52.0 Å². The van der Waals surface area contributed by atoms with Crippen molar-refractivity contribution in [3.8, 4) is 11.4 Å². The van der Waals surface area contributed by atoms with Crippen molar-refractivity contribution < 1.29 is 0 Å². The summed E-state index contributed by atoms with van der Waals surface area (Å²) < 4.78 is 1.85. The molecule has 7 nitrogen and oxygen atoms in total. The first kappa shape index (κ1) is 19.9. The van der Waals surface area contributed by atoms with E-state index in [1.165, 1.54) is 22.2 Å². The van der Waals surface area contributed by atoms with Crippen LogP contribution in [0.3, 0.4) is 0 Å². The normalized spacial score (nSPS) is 15.9. The molecule has 1 atom stereocenters. The lowest BCUT2D eigenvalue weighted by molar-refractivity contribution is 0.599. The maximum absolute atomic E-state index is 4.90. The minimum Gasteiger partial charge on any atom is -0.358 e. The highest BCUT2D eigenvalue weighted by atomic mass is 15.4. The molecule has 33 heavy (non-hydrogen) atoms. The van der Waals surface area contributed by atoms with Crippen molar-refractivity contribution >= 4 is 22.5 Å². The molecule has 7 heteroatoms. The second-order valence-electron chi connectivity index (χ2n) is 9.26. The first-order valence-corrected chi connectivity index (χ1v) is 11.6. The third kappa shape index (κ3) is 3.44. The largest absolute Gasteiger partial charge is 0.358 e. The van der Waals surface area contributed by atoms with Crippen molar-refractivity contribution in [1.82, 2.24) is 29.5 Å². The lowest BCUT2D eigenvalue weighted by Gasteiger charge is -2.24. The molecule has 0 amide bonds. The molecule has 0 saturated carbocycles. The van der Waals surface area contributed by atoms with Crippen molar-refractivity contribution in [3.05, 3.63) is 71.3 Å². The fourth-order valence-electron chi connectivity index (χ4n) is 4.80. The highest BCUT2D eigenvalue weighted by molar-refractivity contribution is 5.85. The quantitative estimate of drug-likeness (QED) is 0.410. The van der Waals surface area contributed by atoms with Crippen LogP contribution >= 0.6 is 0 Å². The van der Waals surface area contributed by atoms with Gasteiger partial charge in [0.2, 0.25) is 5.95 Å². The molecule has 6 rings (SSSR count). The third-order valence-electron chi connectivity index (χ3n) is 6.62. The molecule has 0 radical (unpaired) electrons. The molecule has 0 fully saturated rings. The Bertz CT molecular complexity index is 1460. The van der Waals surface area contributed by atoms with E-state index in [1.807, 2.05) is 36.0 Å². The molecule has 0 spiro atoms. The van der Waals surface area contributed by atoms with E-state index in [0.29, 0.717) is 11.7 Å². The van der Waals surface area contributed by atoms with Crippen LogP contribution in [0.15, 0.2) is 48.8 Å². The lowest BCUT2D eigenvalue weighted by atomic mass is 9.91. The van der Waals surface area contributed by atoms with Crippen molar-refractivity contribution in [3.63, 3.8) is 0 Å². The molecule has 4 aromatic heterocycles. The standard InChI is InChI=1S/C26H27N7/c1-15(2)21-14-28-33-25(21)31-24(17-9-8-16(3)27-13-17)32-26(33)29-18-10-11-23-20(12-18)19-6-4-5-7-22(19)30-23/h4-9,13-15,18,30H,10-12H2,1-3H3,(H,29,31,32). The van der Waals surface area contributed by atoms with Crippen LogP contribution in [0.5, 0.6) is 0 Å². The van der Waals surface area contributed by atoms with Gasteiger partial charge in [-0.25, -0.2) is 4.98 Å². The highest BCUT2D eigenvalue weighted by Crippen LogP contribution is 2.31. The number of nitrogens with one attached hydrogen (secondary N) is 2. The Morgan fingerprint density at radius 2 is 1.97 bits per heavy atom. The number of aryl methyl sites for hydroxylation is 2. The van der Waals surface area contributed by atoms with E-state index in [2.05, 4.69) is 58.5 Å². The molecule has 5 aromatic rings. The smallest absolute Gasteiger partial charge is 0.228 e. The molecule has 0 saturated heterocycles. The van der Waals surface area contributed by atoms with Gasteiger partial charge in [-0.15, -0.1) is 0 Å². The summed E-state index contributed by atoms with van der Waals surface area (Å²) in [5.41, 5.74) is 7.83. The summed E-state index contributed by atoms with van der Waals surface area (Å²) in [6.07, 6.45) is 6.75. The molecule has 166 valence electrons. The number of para-hydroxylation sites is 1. The third-order valence-corrected chi connectivity index (χ3v) is 6.62. The topological polar surface area (TPSA) is 83.8 Å². The van der Waals surface area contributed by atoms with Crippen LogP contribution < -0.4 is 5.32 Å². The van der Waals surface area contributed by atoms with Gasteiger partial charge in [0.05, 0.1) is 6.20 Å². The predicted molar refractivity (Wildman–Crippen MR) is 131 cm³/mol. The van der Waals surface area contributed by atoms with E-state index in [-0.39, 0.29) is 6.04 Å². The maximum Gasteiger partial charge on any atom is 0.228 e. The number of aromatic nitrogens is 6. The molecule has 1 aromatic carbocycles. The second kappa shape index (κ2) is 7.69. The molecular weight excluding hydrogens is 410 g/mol. The highest BCUT2D eigenvalue weighted by Gasteiger charge is 2.24. The van der Waals surface area contributed by atoms with E-state index in [4.69, 9.17) is 9.97 Å². The van der Waals surface area contributed by atoms with E-state index in [9.17, 15) is 0 Å². The Hall–Kier alpha value is -3.74. The van der Waals surface area contributed by atoms with Crippen LogP contribution in [-0.4, -0.2) is 35.6 Å². The second-order valence-corrected chi connectivity index (χ2v) is 9.26. The summed E-state index contributed by atoms with van der Waals surface area (Å²) in [4.78, 5) is 17.8. The van der Waals surface area contributed by atoms with Crippen LogP contribution in [0.2, 0.25) is 0 Å².